The van der Waals surface area contributed by atoms with Crippen LogP contribution in [0, 0.1) is 5.82 Å². The Labute approximate surface area is 128 Å². The quantitative estimate of drug-likeness (QED) is 0.835. The van der Waals surface area contributed by atoms with E-state index in [0.717, 1.165) is 11.1 Å². The van der Waals surface area contributed by atoms with Gasteiger partial charge in [-0.05, 0) is 47.9 Å². The van der Waals surface area contributed by atoms with Crippen LogP contribution in [-0.2, 0) is 11.2 Å². The molecule has 1 amide bonds. The lowest BCUT2D eigenvalue weighted by molar-refractivity contribution is -0.116. The molecule has 21 heavy (non-hydrogen) atoms. The van der Waals surface area contributed by atoms with Gasteiger partial charge in [0.05, 0.1) is 0 Å². The molecule has 0 bridgehead atoms. The highest BCUT2D eigenvalue weighted by Crippen LogP contribution is 2.10. The van der Waals surface area contributed by atoms with E-state index in [1.807, 2.05) is 12.1 Å². The van der Waals surface area contributed by atoms with Crippen molar-refractivity contribution in [1.29, 1.82) is 0 Å². The van der Waals surface area contributed by atoms with Gasteiger partial charge in [-0.2, -0.15) is 0 Å². The summed E-state index contributed by atoms with van der Waals surface area (Å²) in [7, 11) is 0. The van der Waals surface area contributed by atoms with E-state index in [4.69, 9.17) is 11.6 Å². The van der Waals surface area contributed by atoms with Gasteiger partial charge in [-0.1, -0.05) is 35.9 Å². The maximum atomic E-state index is 12.7. The van der Waals surface area contributed by atoms with Crippen molar-refractivity contribution in [3.8, 4) is 0 Å². The standard InChI is InChI=1S/C17H15ClFNO/c18-15-6-1-13(2-7-15)5-10-17(21)20-12-11-14-3-8-16(19)9-4-14/h1-10H,11-12H2,(H,20,21)/b10-5+. The van der Waals surface area contributed by atoms with Crippen molar-refractivity contribution in [3.63, 3.8) is 0 Å². The second-order valence-corrected chi connectivity index (χ2v) is 4.99. The van der Waals surface area contributed by atoms with Crippen LogP contribution < -0.4 is 5.32 Å². The molecule has 1 N–H and O–H groups in total. The molecule has 2 aromatic carbocycles. The number of rotatable bonds is 5. The summed E-state index contributed by atoms with van der Waals surface area (Å²) in [6, 6.07) is 13.5. The predicted molar refractivity (Wildman–Crippen MR) is 83.6 cm³/mol. The zero-order valence-electron chi connectivity index (χ0n) is 11.4. The predicted octanol–water partition coefficient (Wildman–Crippen LogP) is 3.85. The van der Waals surface area contributed by atoms with Gasteiger partial charge in [-0.15, -0.1) is 0 Å². The average molecular weight is 304 g/mol. The summed E-state index contributed by atoms with van der Waals surface area (Å²) >= 11 is 5.78. The van der Waals surface area contributed by atoms with Crippen molar-refractivity contribution in [2.75, 3.05) is 6.54 Å². The largest absolute Gasteiger partial charge is 0.352 e. The van der Waals surface area contributed by atoms with E-state index in [1.54, 1.807) is 30.3 Å². The first-order valence-corrected chi connectivity index (χ1v) is 6.97. The van der Waals surface area contributed by atoms with Gasteiger partial charge >= 0.3 is 0 Å². The highest BCUT2D eigenvalue weighted by molar-refractivity contribution is 6.30. The van der Waals surface area contributed by atoms with Crippen molar-refractivity contribution in [3.05, 3.63) is 76.6 Å². The lowest BCUT2D eigenvalue weighted by atomic mass is 10.1. The summed E-state index contributed by atoms with van der Waals surface area (Å²) in [6.07, 6.45) is 3.87. The van der Waals surface area contributed by atoms with Gasteiger partial charge in [-0.25, -0.2) is 4.39 Å². The molecule has 0 aromatic heterocycles. The van der Waals surface area contributed by atoms with Crippen LogP contribution in [0.2, 0.25) is 5.02 Å². The van der Waals surface area contributed by atoms with E-state index in [0.29, 0.717) is 18.0 Å². The number of carbonyl (C=O) groups excluding carboxylic acids is 1. The second-order valence-electron chi connectivity index (χ2n) is 4.55. The molecule has 108 valence electrons. The number of nitrogens with one attached hydrogen (secondary N) is 1. The fourth-order valence-electron chi connectivity index (χ4n) is 1.79. The highest BCUT2D eigenvalue weighted by atomic mass is 35.5. The van der Waals surface area contributed by atoms with Crippen LogP contribution >= 0.6 is 11.6 Å². The molecule has 2 nitrogen and oxygen atoms in total. The lowest BCUT2D eigenvalue weighted by Crippen LogP contribution is -2.23. The zero-order chi connectivity index (χ0) is 15.1. The number of hydrogen-bond acceptors (Lipinski definition) is 1. The molecule has 2 rings (SSSR count). The third-order valence-corrected chi connectivity index (χ3v) is 3.18. The van der Waals surface area contributed by atoms with E-state index < -0.39 is 0 Å². The van der Waals surface area contributed by atoms with Crippen LogP contribution in [0.1, 0.15) is 11.1 Å². The molecule has 0 saturated carbocycles. The smallest absolute Gasteiger partial charge is 0.244 e. The molecular weight excluding hydrogens is 289 g/mol. The van der Waals surface area contributed by atoms with Crippen LogP contribution in [0.5, 0.6) is 0 Å². The fraction of sp³-hybridized carbons (Fsp3) is 0.118. The zero-order valence-corrected chi connectivity index (χ0v) is 12.1. The first-order chi connectivity index (χ1) is 10.1. The van der Waals surface area contributed by atoms with Crippen molar-refractivity contribution in [2.24, 2.45) is 0 Å². The molecule has 0 fully saturated rings. The minimum atomic E-state index is -0.256. The van der Waals surface area contributed by atoms with Gasteiger partial charge in [0, 0.05) is 17.6 Å². The van der Waals surface area contributed by atoms with Gasteiger partial charge < -0.3 is 5.32 Å². The summed E-state index contributed by atoms with van der Waals surface area (Å²) in [5, 5.41) is 3.44. The lowest BCUT2D eigenvalue weighted by Gasteiger charge is -2.02. The van der Waals surface area contributed by atoms with Crippen molar-refractivity contribution in [1.82, 2.24) is 5.32 Å². The Morgan fingerprint density at radius 2 is 1.76 bits per heavy atom. The molecular formula is C17H15ClFNO. The summed E-state index contributed by atoms with van der Waals surface area (Å²) in [4.78, 5) is 11.6. The second kappa shape index (κ2) is 7.60. The SMILES string of the molecule is O=C(/C=C/c1ccc(Cl)cc1)NCCc1ccc(F)cc1. The molecule has 4 heteroatoms. The molecule has 0 radical (unpaired) electrons. The number of benzene rings is 2. The van der Waals surface area contributed by atoms with Gasteiger partial charge in [-0.3, -0.25) is 4.79 Å². The molecule has 0 spiro atoms. The third-order valence-electron chi connectivity index (χ3n) is 2.92. The van der Waals surface area contributed by atoms with E-state index in [1.165, 1.54) is 18.2 Å². The number of carbonyl (C=O) groups is 1. The van der Waals surface area contributed by atoms with E-state index >= 15 is 0 Å². The maximum Gasteiger partial charge on any atom is 0.244 e. The summed E-state index contributed by atoms with van der Waals surface area (Å²) in [5.41, 5.74) is 1.89. The molecule has 0 saturated heterocycles. The third kappa shape index (κ3) is 5.40. The first-order valence-electron chi connectivity index (χ1n) is 6.59. The molecule has 0 atom stereocenters. The topological polar surface area (TPSA) is 29.1 Å². The normalized spacial score (nSPS) is 10.8. The van der Waals surface area contributed by atoms with E-state index in [9.17, 15) is 9.18 Å². The molecule has 0 aliphatic heterocycles. The van der Waals surface area contributed by atoms with Gasteiger partial charge in [0.2, 0.25) is 5.91 Å². The minimum Gasteiger partial charge on any atom is -0.352 e. The monoisotopic (exact) mass is 303 g/mol. The van der Waals surface area contributed by atoms with E-state index in [-0.39, 0.29) is 11.7 Å². The summed E-state index contributed by atoms with van der Waals surface area (Å²) in [5.74, 6) is -0.416. The number of amides is 1. The van der Waals surface area contributed by atoms with Gasteiger partial charge in [0.25, 0.3) is 0 Å². The van der Waals surface area contributed by atoms with Gasteiger partial charge in [0.15, 0.2) is 0 Å². The minimum absolute atomic E-state index is 0.160. The molecule has 0 aliphatic rings. The average Bonchev–Trinajstić information content (AvgIpc) is 2.49. The Hall–Kier alpha value is -2.13. The first kappa shape index (κ1) is 15.3. The van der Waals surface area contributed by atoms with Crippen molar-refractivity contribution >= 4 is 23.6 Å². The Kier molecular flexibility index (Phi) is 5.52. The molecule has 0 heterocycles. The van der Waals surface area contributed by atoms with Crippen molar-refractivity contribution in [2.45, 2.75) is 6.42 Å². The van der Waals surface area contributed by atoms with Crippen LogP contribution in [0.15, 0.2) is 54.6 Å². The van der Waals surface area contributed by atoms with Crippen LogP contribution in [0.3, 0.4) is 0 Å². The van der Waals surface area contributed by atoms with Crippen LogP contribution in [-0.4, -0.2) is 12.5 Å². The van der Waals surface area contributed by atoms with Crippen LogP contribution in [0.4, 0.5) is 4.39 Å². The summed E-state index contributed by atoms with van der Waals surface area (Å²) in [6.45, 7) is 0.509. The molecule has 2 aromatic rings. The maximum absolute atomic E-state index is 12.7. The molecule has 0 aliphatic carbocycles. The van der Waals surface area contributed by atoms with Crippen LogP contribution in [0.25, 0.3) is 6.08 Å². The highest BCUT2D eigenvalue weighted by Gasteiger charge is 1.97. The fourth-order valence-corrected chi connectivity index (χ4v) is 1.91. The Morgan fingerprint density at radius 3 is 2.43 bits per heavy atom. The Balaban J connectivity index is 1.77. The van der Waals surface area contributed by atoms with Crippen molar-refractivity contribution < 1.29 is 9.18 Å². The van der Waals surface area contributed by atoms with Gasteiger partial charge in [0.1, 0.15) is 5.82 Å². The number of halogens is 2. The Bertz CT molecular complexity index is 620. The number of hydrogen-bond donors (Lipinski definition) is 1. The molecule has 0 unspecified atom stereocenters. The van der Waals surface area contributed by atoms with E-state index in [2.05, 4.69) is 5.32 Å². The summed E-state index contributed by atoms with van der Waals surface area (Å²) < 4.78 is 12.7. The Morgan fingerprint density at radius 1 is 1.10 bits per heavy atom.